The average Bonchev–Trinajstić information content (AvgIpc) is 1.60. The molecule has 8 saturated heterocycles. The van der Waals surface area contributed by atoms with Crippen LogP contribution in [-0.2, 0) is 9.59 Å². The van der Waals surface area contributed by atoms with E-state index >= 15 is 0 Å². The lowest BCUT2D eigenvalue weighted by atomic mass is 9.80. The molecule has 138 heavy (non-hydrogen) atoms. The lowest BCUT2D eigenvalue weighted by molar-refractivity contribution is -0.119. The van der Waals surface area contributed by atoms with Crippen LogP contribution in [0.5, 0.6) is 0 Å². The van der Waals surface area contributed by atoms with Gasteiger partial charge in [-0.1, -0.05) is 117 Å². The normalized spacial score (nSPS) is 20.4. The van der Waals surface area contributed by atoms with E-state index in [1.54, 1.807) is 24.3 Å². The molecule has 4 aromatic carbocycles. The molecule has 0 aliphatic carbocycles. The molecule has 20 rings (SSSR count). The predicted molar refractivity (Wildman–Crippen MR) is 552 cm³/mol. The summed E-state index contributed by atoms with van der Waals surface area (Å²) in [6, 6.07) is 21.8. The Labute approximate surface area is 846 Å². The number of amides is 2. The van der Waals surface area contributed by atoms with Crippen molar-refractivity contribution in [3.8, 4) is 0 Å². The van der Waals surface area contributed by atoms with E-state index in [0.29, 0.717) is 88.5 Å². The number of aryl methyl sites for hydroxylation is 4. The number of benzene rings is 4. The Morgan fingerprint density at radius 3 is 0.775 bits per heavy atom. The molecule has 8 fully saturated rings. The second kappa shape index (κ2) is 44.9. The molecule has 8 aliphatic heterocycles. The fraction of sp³-hybridized carbons (Fsp3) is 0.540. The number of primary amides is 2. The maximum Gasteiger partial charge on any atom is 0.218 e. The lowest BCUT2D eigenvalue weighted by Crippen LogP contribution is -2.54. The quantitative estimate of drug-likeness (QED) is 0.0354. The molecule has 6 N–H and O–H groups in total. The standard InChI is InChI=1S/2C25H31Cl2N7O.2C25H32Cl2N6O/c2*1-15-24-25(34(31-15)16(2)20-6-5-19(26)10-21(20)27)30-23(11-29-24)33-13-18(14-33)17-4-3-8-32(12-17)9-7-22(28)35;2*1-16-24-25(33(30-16)17(2)21-7-6-20(26)11-22(21)27)29-23(12-28-24)32-14-19(15-32)18-5-3-8-31(13-18)9-4-10-34/h2*5-6,10-11,16-18H,3-4,7-9,12-14H2,1-2H3,(H2,28,35);2*6-7,11-12,17-19,34H,3-5,8-10,13-15H2,1-2H3/t16-,17+;16-,17-;17-,18+;17-,18-/m1111/s1. The summed E-state index contributed by atoms with van der Waals surface area (Å²) in [5.41, 5.74) is 24.2. The maximum atomic E-state index is 11.2. The summed E-state index contributed by atoms with van der Waals surface area (Å²) in [4.78, 5) is 80.2. The van der Waals surface area contributed by atoms with E-state index in [9.17, 15) is 9.59 Å². The molecule has 16 heterocycles. The fourth-order valence-corrected chi connectivity index (χ4v) is 23.8. The third kappa shape index (κ3) is 23.0. The highest BCUT2D eigenvalue weighted by molar-refractivity contribution is 6.37. The van der Waals surface area contributed by atoms with Gasteiger partial charge in [-0.15, -0.1) is 0 Å². The largest absolute Gasteiger partial charge is 0.396 e. The number of anilines is 4. The molecule has 0 spiro atoms. The zero-order valence-corrected chi connectivity index (χ0v) is 85.9. The number of likely N-dealkylation sites (tertiary alicyclic amines) is 4. The van der Waals surface area contributed by atoms with E-state index in [4.69, 9.17) is 175 Å². The van der Waals surface area contributed by atoms with E-state index in [2.05, 4.69) is 66.9 Å². The van der Waals surface area contributed by atoms with E-state index < -0.39 is 0 Å². The van der Waals surface area contributed by atoms with Crippen LogP contribution in [0.3, 0.4) is 0 Å². The predicted octanol–water partition coefficient (Wildman–Crippen LogP) is 17.3. The molecule has 2 amide bonds. The number of aliphatic hydroxyl groups excluding tert-OH is 2. The van der Waals surface area contributed by atoms with Crippen molar-refractivity contribution in [2.24, 2.45) is 58.8 Å². The number of nitrogens with two attached hydrogens (primary N) is 2. The van der Waals surface area contributed by atoms with Gasteiger partial charge < -0.3 is 60.9 Å². The van der Waals surface area contributed by atoms with Crippen LogP contribution < -0.4 is 31.1 Å². The topological polar surface area (TPSA) is 327 Å². The van der Waals surface area contributed by atoms with Gasteiger partial charge in [0.25, 0.3) is 0 Å². The zero-order valence-electron chi connectivity index (χ0n) is 79.8. The first-order valence-corrected chi connectivity index (χ1v) is 51.9. The first-order valence-electron chi connectivity index (χ1n) is 48.8. The Balaban J connectivity index is 0.000000127. The Kier molecular flexibility index (Phi) is 32.8. The number of hydrogen-bond acceptors (Lipinski definition) is 24. The molecule has 38 heteroatoms. The van der Waals surface area contributed by atoms with Crippen molar-refractivity contribution in [3.63, 3.8) is 0 Å². The van der Waals surface area contributed by atoms with Crippen molar-refractivity contribution in [1.29, 1.82) is 0 Å². The maximum absolute atomic E-state index is 11.2. The molecule has 0 bridgehead atoms. The molecule has 8 aromatic heterocycles. The summed E-state index contributed by atoms with van der Waals surface area (Å²) in [5, 5.41) is 42.2. The van der Waals surface area contributed by atoms with Crippen LogP contribution in [0.2, 0.25) is 40.2 Å². The minimum Gasteiger partial charge on any atom is -0.396 e. The Morgan fingerprint density at radius 1 is 0.341 bits per heavy atom. The van der Waals surface area contributed by atoms with Gasteiger partial charge in [0.2, 0.25) is 11.8 Å². The number of aromatic nitrogens is 16. The molecule has 30 nitrogen and oxygen atoms in total. The van der Waals surface area contributed by atoms with E-state index in [0.717, 1.165) is 269 Å². The molecule has 8 aliphatic rings. The van der Waals surface area contributed by atoms with Crippen LogP contribution in [-0.4, -0.2) is 265 Å². The summed E-state index contributed by atoms with van der Waals surface area (Å²) in [5.74, 6) is 8.49. The third-order valence-corrected chi connectivity index (χ3v) is 32.0. The monoisotopic (exact) mass is 2030 g/mol. The lowest BCUT2D eigenvalue weighted by Gasteiger charge is -2.47. The first kappa shape index (κ1) is 101. The number of rotatable bonds is 28. The number of carbonyl (C=O) groups is 2. The summed E-state index contributed by atoms with van der Waals surface area (Å²) in [7, 11) is 0. The summed E-state index contributed by atoms with van der Waals surface area (Å²) in [6.45, 7) is 37.0. The minimum atomic E-state index is -0.224. The number of carbonyl (C=O) groups excluding carboxylic acids is 2. The summed E-state index contributed by atoms with van der Waals surface area (Å²) >= 11 is 50.3. The van der Waals surface area contributed by atoms with Gasteiger partial charge in [0.15, 0.2) is 22.6 Å². The van der Waals surface area contributed by atoms with E-state index in [-0.39, 0.29) is 49.2 Å². The zero-order chi connectivity index (χ0) is 97.0. The number of halogens is 8. The van der Waals surface area contributed by atoms with Gasteiger partial charge in [-0.2, -0.15) is 20.4 Å². The van der Waals surface area contributed by atoms with E-state index in [1.807, 2.05) is 120 Å². The molecule has 8 atom stereocenters. The SMILES string of the molecule is Cc1nn([C@H](C)c2ccc(Cl)cc2Cl)c2nc(N3CC([C@@H]4CCCN(CCC(N)=O)C4)C3)cnc12.Cc1nn([C@H](C)c2ccc(Cl)cc2Cl)c2nc(N3CC([C@@H]4CCCN(CCCO)C4)C3)cnc12.Cc1nn([C@H](C)c2ccc(Cl)cc2Cl)c2nc(N3CC([C@H]4CCCN(CCC(N)=O)C4)C3)cnc12.Cc1nn([C@H](C)c2ccc(Cl)cc2Cl)c2nc(N3CC([C@H]4CCCN(CCCO)C4)C3)cnc12. The molecule has 736 valence electrons. The molecular weight excluding hydrogens is 1910 g/mol. The number of fused-ring (bicyclic) bond motifs is 4. The highest BCUT2D eigenvalue weighted by Gasteiger charge is 2.42. The van der Waals surface area contributed by atoms with Crippen molar-refractivity contribution in [2.45, 2.75) is 157 Å². The highest BCUT2D eigenvalue weighted by atomic mass is 35.5. The van der Waals surface area contributed by atoms with Gasteiger partial charge in [-0.05, 0) is 264 Å². The van der Waals surface area contributed by atoms with Gasteiger partial charge >= 0.3 is 0 Å². The van der Waals surface area contributed by atoms with Gasteiger partial charge in [0.05, 0.1) is 71.7 Å². The van der Waals surface area contributed by atoms with Crippen LogP contribution >= 0.6 is 92.8 Å². The molecule has 12 aromatic rings. The Morgan fingerprint density at radius 2 is 0.565 bits per heavy atom. The summed E-state index contributed by atoms with van der Waals surface area (Å²) < 4.78 is 7.66. The smallest absolute Gasteiger partial charge is 0.218 e. The summed E-state index contributed by atoms with van der Waals surface area (Å²) in [6.07, 6.45) is 20.0. The number of aliphatic hydroxyl groups is 2. The van der Waals surface area contributed by atoms with Crippen LogP contribution in [0.4, 0.5) is 23.3 Å². The minimum absolute atomic E-state index is 0.0956. The second-order valence-corrected chi connectivity index (χ2v) is 42.5. The highest BCUT2D eigenvalue weighted by Crippen LogP contribution is 2.43. The molecule has 0 unspecified atom stereocenters. The van der Waals surface area contributed by atoms with Crippen LogP contribution in [0.1, 0.15) is 174 Å². The fourth-order valence-electron chi connectivity index (χ4n) is 21.6. The third-order valence-electron chi connectivity index (χ3n) is 29.7. The van der Waals surface area contributed by atoms with Gasteiger partial charge in [-0.3, -0.25) is 9.59 Å². The van der Waals surface area contributed by atoms with Crippen molar-refractivity contribution in [3.05, 3.63) is 183 Å². The van der Waals surface area contributed by atoms with Crippen molar-refractivity contribution in [2.75, 3.05) is 164 Å². The Bertz CT molecular complexity index is 5920. The van der Waals surface area contributed by atoms with Crippen molar-refractivity contribution in [1.82, 2.24) is 98.6 Å². The first-order chi connectivity index (χ1) is 66.5. The van der Waals surface area contributed by atoms with Crippen LogP contribution in [0.15, 0.2) is 97.6 Å². The van der Waals surface area contributed by atoms with Crippen molar-refractivity contribution < 1.29 is 19.8 Å². The number of piperidine rings is 4. The van der Waals surface area contributed by atoms with Gasteiger partial charge in [-0.25, -0.2) is 58.6 Å². The van der Waals surface area contributed by atoms with Crippen molar-refractivity contribution >= 4 is 173 Å². The van der Waals surface area contributed by atoms with E-state index in [1.165, 1.54) is 51.4 Å². The molecule has 0 saturated carbocycles. The van der Waals surface area contributed by atoms with Crippen LogP contribution in [0.25, 0.3) is 44.7 Å². The van der Waals surface area contributed by atoms with Crippen LogP contribution in [0, 0.1) is 75.0 Å². The molecule has 0 radical (unpaired) electrons. The van der Waals surface area contributed by atoms with Gasteiger partial charge in [0, 0.05) is 171 Å². The number of nitrogens with zero attached hydrogens (tertiary/aromatic N) is 24. The number of hydrogen-bond donors (Lipinski definition) is 4. The van der Waals surface area contributed by atoms with Gasteiger partial charge in [0.1, 0.15) is 45.3 Å². The molecular formula is C100H126Cl8N26O4. The Hall–Kier alpha value is -8.70. The average molecular weight is 2040 g/mol. The second-order valence-electron chi connectivity index (χ2n) is 39.1.